The Balaban J connectivity index is 1.92. The predicted molar refractivity (Wildman–Crippen MR) is 70.9 cm³/mol. The molecule has 0 aromatic heterocycles. The Bertz CT molecular complexity index is 234. The van der Waals surface area contributed by atoms with Gasteiger partial charge in [0.2, 0.25) is 0 Å². The van der Waals surface area contributed by atoms with E-state index in [1.807, 2.05) is 0 Å². The number of hydrogen-bond donors (Lipinski definition) is 1. The van der Waals surface area contributed by atoms with Crippen LogP contribution in [0.4, 0.5) is 0 Å². The van der Waals surface area contributed by atoms with Gasteiger partial charge in [0.25, 0.3) is 0 Å². The van der Waals surface area contributed by atoms with Gasteiger partial charge in [-0.3, -0.25) is 4.90 Å². The number of rotatable bonds is 2. The minimum atomic E-state index is 0.149. The summed E-state index contributed by atoms with van der Waals surface area (Å²) in [7, 11) is 0. The monoisotopic (exact) mass is 240 g/mol. The van der Waals surface area contributed by atoms with Crippen LogP contribution in [-0.4, -0.2) is 42.8 Å². The van der Waals surface area contributed by atoms with Crippen molar-refractivity contribution in [3.8, 4) is 0 Å². The van der Waals surface area contributed by atoms with Crippen LogP contribution >= 0.6 is 0 Å². The molecule has 2 rings (SSSR count). The first-order valence-electron chi connectivity index (χ1n) is 7.17. The Morgan fingerprint density at radius 3 is 2.41 bits per heavy atom. The summed E-state index contributed by atoms with van der Waals surface area (Å²) in [4.78, 5) is 2.63. The number of morpholine rings is 1. The van der Waals surface area contributed by atoms with Gasteiger partial charge in [-0.1, -0.05) is 13.8 Å². The van der Waals surface area contributed by atoms with Gasteiger partial charge in [-0.2, -0.15) is 0 Å². The molecule has 2 aliphatic rings. The van der Waals surface area contributed by atoms with Gasteiger partial charge >= 0.3 is 0 Å². The molecule has 0 spiro atoms. The molecule has 100 valence electrons. The highest BCUT2D eigenvalue weighted by Gasteiger charge is 2.32. The van der Waals surface area contributed by atoms with E-state index in [1.165, 1.54) is 19.3 Å². The molecule has 0 amide bonds. The molecule has 1 aliphatic heterocycles. The maximum absolute atomic E-state index is 5.96. The first-order valence-corrected chi connectivity index (χ1v) is 7.17. The molecule has 1 saturated carbocycles. The zero-order valence-corrected chi connectivity index (χ0v) is 11.6. The Morgan fingerprint density at radius 1 is 1.18 bits per heavy atom. The van der Waals surface area contributed by atoms with Gasteiger partial charge in [-0.05, 0) is 38.0 Å². The molecule has 17 heavy (non-hydrogen) atoms. The highest BCUT2D eigenvalue weighted by molar-refractivity contribution is 4.86. The Kier molecular flexibility index (Phi) is 4.45. The van der Waals surface area contributed by atoms with Crippen molar-refractivity contribution in [2.24, 2.45) is 17.6 Å². The lowest BCUT2D eigenvalue weighted by molar-refractivity contribution is -0.0614. The average molecular weight is 240 g/mol. The van der Waals surface area contributed by atoms with E-state index >= 15 is 0 Å². The van der Waals surface area contributed by atoms with E-state index in [0.29, 0.717) is 0 Å². The molecule has 1 heterocycles. The Morgan fingerprint density at radius 2 is 1.82 bits per heavy atom. The topological polar surface area (TPSA) is 38.5 Å². The number of nitrogens with zero attached hydrogens (tertiary/aromatic N) is 1. The summed E-state index contributed by atoms with van der Waals surface area (Å²) in [6.45, 7) is 9.82. The van der Waals surface area contributed by atoms with E-state index in [2.05, 4.69) is 25.7 Å². The summed E-state index contributed by atoms with van der Waals surface area (Å²) in [5.41, 5.74) is 5.96. The van der Waals surface area contributed by atoms with Crippen molar-refractivity contribution in [1.29, 1.82) is 0 Å². The summed E-state index contributed by atoms with van der Waals surface area (Å²) in [5.74, 6) is 1.75. The smallest absolute Gasteiger partial charge is 0.0850 e. The van der Waals surface area contributed by atoms with Gasteiger partial charge in [-0.15, -0.1) is 0 Å². The van der Waals surface area contributed by atoms with Crippen LogP contribution in [0.2, 0.25) is 0 Å². The zero-order chi connectivity index (χ0) is 12.4. The third-order valence-corrected chi connectivity index (χ3v) is 4.38. The van der Waals surface area contributed by atoms with Crippen molar-refractivity contribution in [1.82, 2.24) is 4.90 Å². The fourth-order valence-corrected chi connectivity index (χ4v) is 3.55. The van der Waals surface area contributed by atoms with Crippen molar-refractivity contribution < 1.29 is 4.74 Å². The SMILES string of the molecule is CC1CC(C)CC(N2CCOC(C(C)N)C2)C1. The first kappa shape index (κ1) is 13.3. The van der Waals surface area contributed by atoms with Crippen molar-refractivity contribution in [2.45, 2.75) is 58.2 Å². The lowest BCUT2D eigenvalue weighted by Crippen LogP contribution is -2.54. The van der Waals surface area contributed by atoms with E-state index in [0.717, 1.165) is 37.6 Å². The molecule has 4 unspecified atom stereocenters. The third-order valence-electron chi connectivity index (χ3n) is 4.38. The van der Waals surface area contributed by atoms with E-state index in [1.54, 1.807) is 0 Å². The molecule has 1 saturated heterocycles. The zero-order valence-electron chi connectivity index (χ0n) is 11.6. The van der Waals surface area contributed by atoms with Crippen LogP contribution in [-0.2, 0) is 4.74 Å². The molecule has 4 atom stereocenters. The second kappa shape index (κ2) is 5.68. The number of ether oxygens (including phenoxy) is 1. The van der Waals surface area contributed by atoms with Crippen LogP contribution in [0.5, 0.6) is 0 Å². The predicted octanol–water partition coefficient (Wildman–Crippen LogP) is 1.86. The number of hydrogen-bond acceptors (Lipinski definition) is 3. The summed E-state index contributed by atoms with van der Waals surface area (Å²) in [6.07, 6.45) is 4.35. The summed E-state index contributed by atoms with van der Waals surface area (Å²) < 4.78 is 5.75. The fourth-order valence-electron chi connectivity index (χ4n) is 3.55. The maximum atomic E-state index is 5.96. The lowest BCUT2D eigenvalue weighted by Gasteiger charge is -2.43. The van der Waals surface area contributed by atoms with Crippen molar-refractivity contribution >= 4 is 0 Å². The van der Waals surface area contributed by atoms with Crippen molar-refractivity contribution in [3.05, 3.63) is 0 Å². The second-order valence-electron chi connectivity index (χ2n) is 6.33. The van der Waals surface area contributed by atoms with Crippen LogP contribution in [0.15, 0.2) is 0 Å². The average Bonchev–Trinajstić information content (AvgIpc) is 2.28. The minimum absolute atomic E-state index is 0.149. The summed E-state index contributed by atoms with van der Waals surface area (Å²) >= 11 is 0. The third kappa shape index (κ3) is 3.43. The largest absolute Gasteiger partial charge is 0.374 e. The van der Waals surface area contributed by atoms with Crippen LogP contribution in [0.25, 0.3) is 0 Å². The van der Waals surface area contributed by atoms with Gasteiger partial charge in [0.05, 0.1) is 12.7 Å². The maximum Gasteiger partial charge on any atom is 0.0850 e. The van der Waals surface area contributed by atoms with Crippen molar-refractivity contribution in [3.63, 3.8) is 0 Å². The molecule has 2 fully saturated rings. The normalized spacial score (nSPS) is 42.4. The van der Waals surface area contributed by atoms with Gasteiger partial charge in [0.1, 0.15) is 0 Å². The standard InChI is InChI=1S/C14H28N2O/c1-10-6-11(2)8-13(7-10)16-4-5-17-14(9-16)12(3)15/h10-14H,4-9,15H2,1-3H3. The first-order chi connectivity index (χ1) is 8.06. The molecule has 1 aliphatic carbocycles. The molecular formula is C14H28N2O. The minimum Gasteiger partial charge on any atom is -0.374 e. The van der Waals surface area contributed by atoms with Gasteiger partial charge in [0.15, 0.2) is 0 Å². The quantitative estimate of drug-likeness (QED) is 0.800. The van der Waals surface area contributed by atoms with Crippen molar-refractivity contribution in [2.75, 3.05) is 19.7 Å². The van der Waals surface area contributed by atoms with Crippen LogP contribution in [0.1, 0.15) is 40.0 Å². The number of nitrogens with two attached hydrogens (primary N) is 1. The highest BCUT2D eigenvalue weighted by atomic mass is 16.5. The molecule has 0 aromatic rings. The second-order valence-corrected chi connectivity index (χ2v) is 6.33. The van der Waals surface area contributed by atoms with E-state index in [-0.39, 0.29) is 12.1 Å². The van der Waals surface area contributed by atoms with Crippen LogP contribution < -0.4 is 5.73 Å². The molecule has 0 aromatic carbocycles. The lowest BCUT2D eigenvalue weighted by atomic mass is 9.79. The molecule has 0 radical (unpaired) electrons. The van der Waals surface area contributed by atoms with Gasteiger partial charge < -0.3 is 10.5 Å². The van der Waals surface area contributed by atoms with Crippen LogP contribution in [0.3, 0.4) is 0 Å². The van der Waals surface area contributed by atoms with E-state index in [4.69, 9.17) is 10.5 Å². The molecule has 0 bridgehead atoms. The summed E-state index contributed by atoms with van der Waals surface area (Å²) in [5, 5.41) is 0. The highest BCUT2D eigenvalue weighted by Crippen LogP contribution is 2.32. The van der Waals surface area contributed by atoms with E-state index < -0.39 is 0 Å². The van der Waals surface area contributed by atoms with Crippen LogP contribution in [0, 0.1) is 11.8 Å². The molecule has 3 nitrogen and oxygen atoms in total. The van der Waals surface area contributed by atoms with E-state index in [9.17, 15) is 0 Å². The van der Waals surface area contributed by atoms with Gasteiger partial charge in [0, 0.05) is 25.2 Å². The van der Waals surface area contributed by atoms with Gasteiger partial charge in [-0.25, -0.2) is 0 Å². The molecule has 3 heteroatoms. The Labute approximate surface area is 106 Å². The molecular weight excluding hydrogens is 212 g/mol. The fraction of sp³-hybridized carbons (Fsp3) is 1.00. The molecule has 2 N–H and O–H groups in total. The summed E-state index contributed by atoms with van der Waals surface area (Å²) in [6, 6.07) is 0.912. The Hall–Kier alpha value is -0.120.